The van der Waals surface area contributed by atoms with Gasteiger partial charge in [-0.15, -0.1) is 5.10 Å². The highest BCUT2D eigenvalue weighted by Crippen LogP contribution is 2.20. The number of nitrogens with zero attached hydrogens (tertiary/aromatic N) is 5. The third kappa shape index (κ3) is 2.74. The number of ether oxygens (including phenoxy) is 1. The van der Waals surface area contributed by atoms with Crippen LogP contribution in [-0.4, -0.2) is 48.9 Å². The molecule has 0 spiro atoms. The summed E-state index contributed by atoms with van der Waals surface area (Å²) in [6.07, 6.45) is 2.72. The Hall–Kier alpha value is -3.59. The zero-order valence-corrected chi connectivity index (χ0v) is 14.4. The molecule has 4 aromatic rings. The maximum atomic E-state index is 12.7. The van der Waals surface area contributed by atoms with E-state index in [4.69, 9.17) is 4.74 Å². The van der Waals surface area contributed by atoms with Gasteiger partial charge in [-0.05, 0) is 0 Å². The number of aromatic nitrogens is 5. The molecule has 27 heavy (non-hydrogen) atoms. The minimum Gasteiger partial charge on any atom is -0.465 e. The Balaban J connectivity index is 2.08. The normalized spacial score (nSPS) is 11.2. The molecule has 0 atom stereocenters. The van der Waals surface area contributed by atoms with Crippen LogP contribution < -0.4 is 5.56 Å². The van der Waals surface area contributed by atoms with Crippen molar-refractivity contribution in [1.29, 1.82) is 0 Å². The first kappa shape index (κ1) is 16.9. The summed E-state index contributed by atoms with van der Waals surface area (Å²) < 4.78 is 7.48. The third-order valence-electron chi connectivity index (χ3n) is 4.18. The number of aliphatic hydroxyl groups excluding tert-OH is 1. The van der Waals surface area contributed by atoms with Crippen molar-refractivity contribution in [3.05, 3.63) is 58.6 Å². The van der Waals surface area contributed by atoms with Crippen LogP contribution in [0.3, 0.4) is 0 Å². The van der Waals surface area contributed by atoms with Gasteiger partial charge in [0.2, 0.25) is 0 Å². The van der Waals surface area contributed by atoms with E-state index in [9.17, 15) is 14.7 Å². The second kappa shape index (κ2) is 6.61. The molecule has 0 fully saturated rings. The van der Waals surface area contributed by atoms with Crippen molar-refractivity contribution in [2.75, 3.05) is 13.7 Å². The molecular weight excluding hydrogens is 350 g/mol. The fourth-order valence-electron chi connectivity index (χ4n) is 2.92. The van der Waals surface area contributed by atoms with E-state index < -0.39 is 11.5 Å². The molecule has 136 valence electrons. The summed E-state index contributed by atoms with van der Waals surface area (Å²) >= 11 is 0. The summed E-state index contributed by atoms with van der Waals surface area (Å²) in [6.45, 7) is -0.202. The van der Waals surface area contributed by atoms with Crippen LogP contribution in [0.5, 0.6) is 0 Å². The number of pyridine rings is 1. The van der Waals surface area contributed by atoms with Crippen molar-refractivity contribution in [2.24, 2.45) is 0 Å². The zero-order chi connectivity index (χ0) is 19.0. The molecular formula is C18H15N5O4. The molecule has 0 unspecified atom stereocenters. The number of esters is 1. The first-order valence-corrected chi connectivity index (χ1v) is 8.17. The lowest BCUT2D eigenvalue weighted by atomic mass is 10.2. The number of carbonyl (C=O) groups excluding carboxylic acids is 1. The van der Waals surface area contributed by atoms with E-state index in [1.54, 1.807) is 0 Å². The molecule has 9 nitrogen and oxygen atoms in total. The number of aliphatic hydroxyl groups is 1. The number of rotatable bonds is 4. The SMILES string of the molecule is COC(=O)c1cn(CCO)c(=O)c2cnc3nc(-c4ccccc4)nn3c12. The summed E-state index contributed by atoms with van der Waals surface area (Å²) in [7, 11) is 1.25. The summed E-state index contributed by atoms with van der Waals surface area (Å²) in [6, 6.07) is 9.31. The van der Waals surface area contributed by atoms with Crippen LogP contribution in [0.25, 0.3) is 28.1 Å². The molecule has 0 radical (unpaired) electrons. The van der Waals surface area contributed by atoms with E-state index in [2.05, 4.69) is 15.1 Å². The van der Waals surface area contributed by atoms with E-state index in [0.29, 0.717) is 5.82 Å². The van der Waals surface area contributed by atoms with E-state index in [1.807, 2.05) is 30.3 Å². The minimum absolute atomic E-state index is 0.0451. The highest BCUT2D eigenvalue weighted by Gasteiger charge is 2.20. The Morgan fingerprint density at radius 2 is 2.04 bits per heavy atom. The summed E-state index contributed by atoms with van der Waals surface area (Å²) in [5, 5.41) is 13.8. The number of carbonyl (C=O) groups is 1. The number of fused-ring (bicyclic) bond motifs is 3. The largest absolute Gasteiger partial charge is 0.465 e. The molecule has 0 aliphatic carbocycles. The van der Waals surface area contributed by atoms with Crippen LogP contribution in [0, 0.1) is 0 Å². The lowest BCUT2D eigenvalue weighted by molar-refractivity contribution is 0.0601. The molecule has 4 rings (SSSR count). The van der Waals surface area contributed by atoms with Gasteiger partial charge in [0.15, 0.2) is 5.82 Å². The van der Waals surface area contributed by atoms with Gasteiger partial charge in [0.1, 0.15) is 5.56 Å². The van der Waals surface area contributed by atoms with Crippen LogP contribution in [0.15, 0.2) is 47.5 Å². The molecule has 0 aliphatic heterocycles. The Kier molecular flexibility index (Phi) is 4.13. The number of hydrogen-bond donors (Lipinski definition) is 1. The summed E-state index contributed by atoms with van der Waals surface area (Å²) in [5.74, 6) is 0.0488. The van der Waals surface area contributed by atoms with Crippen LogP contribution >= 0.6 is 0 Å². The van der Waals surface area contributed by atoms with Gasteiger partial charge in [0, 0.05) is 24.5 Å². The molecule has 1 N–H and O–H groups in total. The van der Waals surface area contributed by atoms with Crippen molar-refractivity contribution in [2.45, 2.75) is 6.54 Å². The van der Waals surface area contributed by atoms with Crippen molar-refractivity contribution in [3.63, 3.8) is 0 Å². The van der Waals surface area contributed by atoms with Gasteiger partial charge in [0.25, 0.3) is 11.3 Å². The van der Waals surface area contributed by atoms with Crippen molar-refractivity contribution in [3.8, 4) is 11.4 Å². The molecule has 0 saturated heterocycles. The second-order valence-corrected chi connectivity index (χ2v) is 5.79. The van der Waals surface area contributed by atoms with Crippen LogP contribution in [-0.2, 0) is 11.3 Å². The molecule has 0 amide bonds. The summed E-state index contributed by atoms with van der Waals surface area (Å²) in [5.41, 5.74) is 0.792. The third-order valence-corrected chi connectivity index (χ3v) is 4.18. The van der Waals surface area contributed by atoms with Gasteiger partial charge in [-0.1, -0.05) is 30.3 Å². The van der Waals surface area contributed by atoms with Gasteiger partial charge in [0.05, 0.1) is 24.6 Å². The number of methoxy groups -OCH3 is 1. The lowest BCUT2D eigenvalue weighted by Crippen LogP contribution is -2.25. The Morgan fingerprint density at radius 3 is 2.74 bits per heavy atom. The van der Waals surface area contributed by atoms with E-state index in [1.165, 1.54) is 28.6 Å². The molecule has 9 heteroatoms. The van der Waals surface area contributed by atoms with Gasteiger partial charge >= 0.3 is 5.97 Å². The minimum atomic E-state index is -0.629. The fraction of sp³-hybridized carbons (Fsp3) is 0.167. The topological polar surface area (TPSA) is 112 Å². The second-order valence-electron chi connectivity index (χ2n) is 5.79. The van der Waals surface area contributed by atoms with E-state index in [0.717, 1.165) is 5.56 Å². The van der Waals surface area contributed by atoms with Crippen molar-refractivity contribution < 1.29 is 14.6 Å². The molecule has 0 aliphatic rings. The average molecular weight is 365 g/mol. The van der Waals surface area contributed by atoms with Crippen molar-refractivity contribution >= 4 is 22.6 Å². The standard InChI is InChI=1S/C18H15N5O4/c1-27-17(26)13-10-22(7-8-24)16(25)12-9-19-18-20-15(21-23(18)14(12)13)11-5-3-2-4-6-11/h2-6,9-10,24H,7-8H2,1H3. The van der Waals surface area contributed by atoms with Gasteiger partial charge in [-0.2, -0.15) is 9.50 Å². The van der Waals surface area contributed by atoms with Crippen LogP contribution in [0.1, 0.15) is 10.4 Å². The Morgan fingerprint density at radius 1 is 1.26 bits per heavy atom. The van der Waals surface area contributed by atoms with E-state index >= 15 is 0 Å². The first-order chi connectivity index (χ1) is 13.1. The smallest absolute Gasteiger partial charge is 0.341 e. The van der Waals surface area contributed by atoms with E-state index in [-0.39, 0.29) is 35.4 Å². The molecule has 1 aromatic carbocycles. The Labute approximate surface area is 152 Å². The summed E-state index contributed by atoms with van der Waals surface area (Å²) in [4.78, 5) is 33.6. The predicted molar refractivity (Wildman–Crippen MR) is 96.4 cm³/mol. The molecule has 0 bridgehead atoms. The van der Waals surface area contributed by atoms with Crippen LogP contribution in [0.2, 0.25) is 0 Å². The quantitative estimate of drug-likeness (QED) is 0.534. The zero-order valence-electron chi connectivity index (χ0n) is 14.4. The first-order valence-electron chi connectivity index (χ1n) is 8.17. The number of hydrogen-bond acceptors (Lipinski definition) is 7. The molecule has 0 saturated carbocycles. The van der Waals surface area contributed by atoms with Gasteiger partial charge in [-0.25, -0.2) is 9.78 Å². The number of benzene rings is 1. The van der Waals surface area contributed by atoms with Gasteiger partial charge in [-0.3, -0.25) is 4.79 Å². The Bertz CT molecular complexity index is 1210. The maximum Gasteiger partial charge on any atom is 0.341 e. The lowest BCUT2D eigenvalue weighted by Gasteiger charge is -2.10. The average Bonchev–Trinajstić information content (AvgIpc) is 3.14. The van der Waals surface area contributed by atoms with Gasteiger partial charge < -0.3 is 14.4 Å². The van der Waals surface area contributed by atoms with Crippen molar-refractivity contribution in [1.82, 2.24) is 24.1 Å². The highest BCUT2D eigenvalue weighted by atomic mass is 16.5. The predicted octanol–water partition coefficient (Wildman–Crippen LogP) is 0.885. The molecule has 3 heterocycles. The monoisotopic (exact) mass is 365 g/mol. The highest BCUT2D eigenvalue weighted by molar-refractivity contribution is 6.02. The molecule has 3 aromatic heterocycles. The maximum absolute atomic E-state index is 12.7. The van der Waals surface area contributed by atoms with Crippen LogP contribution in [0.4, 0.5) is 0 Å². The fourth-order valence-corrected chi connectivity index (χ4v) is 2.92.